The molecule has 7 nitrogen and oxygen atoms in total. The summed E-state index contributed by atoms with van der Waals surface area (Å²) in [5.74, 6) is -1.66. The Kier molecular flexibility index (Phi) is 5.85. The second kappa shape index (κ2) is 7.86. The molecule has 1 atom stereocenters. The molecule has 0 aliphatic carbocycles. The highest BCUT2D eigenvalue weighted by atomic mass is 16.5. The summed E-state index contributed by atoms with van der Waals surface area (Å²) < 4.78 is 5.25. The number of carboxylic acid groups (broad SMARTS) is 1. The largest absolute Gasteiger partial charge is 0.481 e. The predicted molar refractivity (Wildman–Crippen MR) is 79.1 cm³/mol. The van der Waals surface area contributed by atoms with Gasteiger partial charge in [0.2, 0.25) is 5.91 Å². The number of aromatic nitrogens is 1. The van der Waals surface area contributed by atoms with Crippen LogP contribution in [0.5, 0.6) is 0 Å². The lowest BCUT2D eigenvalue weighted by atomic mass is 10.1. The summed E-state index contributed by atoms with van der Waals surface area (Å²) in [5.41, 5.74) is 1.08. The smallest absolute Gasteiger partial charge is 0.310 e. The van der Waals surface area contributed by atoms with Crippen molar-refractivity contribution >= 4 is 11.9 Å². The number of amides is 1. The van der Waals surface area contributed by atoms with E-state index in [2.05, 4.69) is 4.98 Å². The van der Waals surface area contributed by atoms with Crippen molar-refractivity contribution in [3.63, 3.8) is 0 Å². The molecule has 0 bridgehead atoms. The van der Waals surface area contributed by atoms with Crippen LogP contribution in [0.2, 0.25) is 0 Å². The molecule has 1 aromatic heterocycles. The van der Waals surface area contributed by atoms with Gasteiger partial charge >= 0.3 is 5.97 Å². The molecule has 1 saturated heterocycles. The van der Waals surface area contributed by atoms with Crippen LogP contribution in [0.15, 0.2) is 24.5 Å². The number of nitrogens with zero attached hydrogens (tertiary/aromatic N) is 3. The highest BCUT2D eigenvalue weighted by Crippen LogP contribution is 2.09. The highest BCUT2D eigenvalue weighted by Gasteiger charge is 2.27. The number of hydrogen-bond donors (Lipinski definition) is 1. The van der Waals surface area contributed by atoms with Gasteiger partial charge in [-0.05, 0) is 24.7 Å². The fourth-order valence-electron chi connectivity index (χ4n) is 2.37. The number of aliphatic carboxylic acids is 1. The maximum absolute atomic E-state index is 12.3. The minimum atomic E-state index is -0.926. The van der Waals surface area contributed by atoms with Crippen molar-refractivity contribution < 1.29 is 19.4 Å². The SMILES string of the molecule is CN(CC(=O)N1CCOCC(C(=O)O)C1)Cc1ccncc1. The molecule has 1 aliphatic heterocycles. The Morgan fingerprint density at radius 2 is 2.18 bits per heavy atom. The molecule has 1 aliphatic rings. The van der Waals surface area contributed by atoms with Gasteiger partial charge in [0.05, 0.1) is 25.7 Å². The highest BCUT2D eigenvalue weighted by molar-refractivity contribution is 5.79. The lowest BCUT2D eigenvalue weighted by molar-refractivity contribution is -0.144. The van der Waals surface area contributed by atoms with Crippen LogP contribution in [0, 0.1) is 5.92 Å². The summed E-state index contributed by atoms with van der Waals surface area (Å²) in [7, 11) is 1.86. The molecule has 22 heavy (non-hydrogen) atoms. The Morgan fingerprint density at radius 1 is 1.45 bits per heavy atom. The molecule has 1 N–H and O–H groups in total. The minimum absolute atomic E-state index is 0.0756. The number of likely N-dealkylation sites (N-methyl/N-ethyl adjacent to an activating group) is 1. The van der Waals surface area contributed by atoms with Crippen molar-refractivity contribution in [1.82, 2.24) is 14.8 Å². The normalized spacial score (nSPS) is 19.0. The Labute approximate surface area is 129 Å². The van der Waals surface area contributed by atoms with E-state index in [1.54, 1.807) is 17.3 Å². The summed E-state index contributed by atoms with van der Waals surface area (Å²) in [6.45, 7) is 2.06. The molecule has 0 spiro atoms. The Morgan fingerprint density at radius 3 is 2.86 bits per heavy atom. The average molecular weight is 307 g/mol. The first-order chi connectivity index (χ1) is 10.6. The van der Waals surface area contributed by atoms with Crippen LogP contribution >= 0.6 is 0 Å². The van der Waals surface area contributed by atoms with Gasteiger partial charge in [-0.1, -0.05) is 0 Å². The average Bonchev–Trinajstić information content (AvgIpc) is 2.74. The van der Waals surface area contributed by atoms with E-state index in [-0.39, 0.29) is 25.6 Å². The Balaban J connectivity index is 1.88. The van der Waals surface area contributed by atoms with Gasteiger partial charge in [0.1, 0.15) is 0 Å². The van der Waals surface area contributed by atoms with Crippen LogP contribution in [-0.4, -0.2) is 71.7 Å². The number of rotatable bonds is 5. The molecule has 120 valence electrons. The molecule has 0 saturated carbocycles. The zero-order chi connectivity index (χ0) is 15.9. The van der Waals surface area contributed by atoms with E-state index in [0.717, 1.165) is 5.56 Å². The van der Waals surface area contributed by atoms with Gasteiger partial charge in [-0.25, -0.2) is 0 Å². The molecule has 2 heterocycles. The molecular weight excluding hydrogens is 286 g/mol. The van der Waals surface area contributed by atoms with E-state index >= 15 is 0 Å². The van der Waals surface area contributed by atoms with Crippen LogP contribution in [-0.2, 0) is 20.9 Å². The lowest BCUT2D eigenvalue weighted by Gasteiger charge is -2.25. The van der Waals surface area contributed by atoms with Crippen molar-refractivity contribution in [2.45, 2.75) is 6.54 Å². The molecular formula is C15H21N3O4. The van der Waals surface area contributed by atoms with Gasteiger partial charge in [-0.2, -0.15) is 0 Å². The van der Waals surface area contributed by atoms with Gasteiger partial charge < -0.3 is 14.7 Å². The number of carboxylic acids is 1. The fraction of sp³-hybridized carbons (Fsp3) is 0.533. The van der Waals surface area contributed by atoms with Crippen LogP contribution in [0.25, 0.3) is 0 Å². The number of ether oxygens (including phenoxy) is 1. The first-order valence-corrected chi connectivity index (χ1v) is 7.22. The standard InChI is InChI=1S/C15H21N3O4/c1-17(8-12-2-4-16-5-3-12)10-14(19)18-6-7-22-11-13(9-18)15(20)21/h2-5,13H,6-11H2,1H3,(H,20,21). The lowest BCUT2D eigenvalue weighted by Crippen LogP contribution is -2.42. The summed E-state index contributed by atoms with van der Waals surface area (Å²) in [6.07, 6.45) is 3.43. The quantitative estimate of drug-likeness (QED) is 0.829. The van der Waals surface area contributed by atoms with Crippen LogP contribution in [0.3, 0.4) is 0 Å². The van der Waals surface area contributed by atoms with Crippen molar-refractivity contribution in [3.05, 3.63) is 30.1 Å². The van der Waals surface area contributed by atoms with E-state index < -0.39 is 11.9 Å². The predicted octanol–water partition coefficient (Wildman–Crippen LogP) is 0.0730. The summed E-state index contributed by atoms with van der Waals surface area (Å²) >= 11 is 0. The number of carbonyl (C=O) groups excluding carboxylic acids is 1. The van der Waals surface area contributed by atoms with Gasteiger partial charge in [0, 0.05) is 32.0 Å². The second-order valence-corrected chi connectivity index (χ2v) is 5.48. The maximum Gasteiger partial charge on any atom is 0.310 e. The molecule has 2 rings (SSSR count). The fourth-order valence-corrected chi connectivity index (χ4v) is 2.37. The zero-order valence-electron chi connectivity index (χ0n) is 12.6. The maximum atomic E-state index is 12.3. The number of carbonyl (C=O) groups is 2. The van der Waals surface area contributed by atoms with Gasteiger partial charge in [0.25, 0.3) is 0 Å². The topological polar surface area (TPSA) is 83.0 Å². The summed E-state index contributed by atoms with van der Waals surface area (Å²) in [5, 5.41) is 9.11. The third-order valence-electron chi connectivity index (χ3n) is 3.57. The van der Waals surface area contributed by atoms with Crippen molar-refractivity contribution in [3.8, 4) is 0 Å². The minimum Gasteiger partial charge on any atom is -0.481 e. The molecule has 1 unspecified atom stereocenters. The van der Waals surface area contributed by atoms with Crippen molar-refractivity contribution in [2.24, 2.45) is 5.92 Å². The van der Waals surface area contributed by atoms with E-state index in [0.29, 0.717) is 19.7 Å². The molecule has 1 amide bonds. The van der Waals surface area contributed by atoms with E-state index in [1.165, 1.54) is 0 Å². The van der Waals surface area contributed by atoms with Gasteiger partial charge in [-0.15, -0.1) is 0 Å². The van der Waals surface area contributed by atoms with Crippen molar-refractivity contribution in [2.75, 3.05) is 39.9 Å². The third kappa shape index (κ3) is 4.78. The summed E-state index contributed by atoms with van der Waals surface area (Å²) in [4.78, 5) is 30.9. The van der Waals surface area contributed by atoms with Gasteiger partial charge in [-0.3, -0.25) is 19.5 Å². The second-order valence-electron chi connectivity index (χ2n) is 5.48. The summed E-state index contributed by atoms with van der Waals surface area (Å²) in [6, 6.07) is 3.81. The van der Waals surface area contributed by atoms with E-state index in [9.17, 15) is 9.59 Å². The number of pyridine rings is 1. The third-order valence-corrected chi connectivity index (χ3v) is 3.57. The monoisotopic (exact) mass is 307 g/mol. The Hall–Kier alpha value is -1.99. The molecule has 0 radical (unpaired) electrons. The molecule has 0 aromatic carbocycles. The zero-order valence-corrected chi connectivity index (χ0v) is 12.6. The van der Waals surface area contributed by atoms with Crippen LogP contribution < -0.4 is 0 Å². The van der Waals surface area contributed by atoms with Gasteiger partial charge in [0.15, 0.2) is 0 Å². The Bertz CT molecular complexity index is 509. The van der Waals surface area contributed by atoms with E-state index in [4.69, 9.17) is 9.84 Å². The van der Waals surface area contributed by atoms with Crippen LogP contribution in [0.1, 0.15) is 5.56 Å². The first-order valence-electron chi connectivity index (χ1n) is 7.22. The molecule has 1 fully saturated rings. The van der Waals surface area contributed by atoms with Crippen LogP contribution in [0.4, 0.5) is 0 Å². The first kappa shape index (κ1) is 16.4. The van der Waals surface area contributed by atoms with E-state index in [1.807, 2.05) is 24.1 Å². The number of hydrogen-bond acceptors (Lipinski definition) is 5. The van der Waals surface area contributed by atoms with Crippen molar-refractivity contribution in [1.29, 1.82) is 0 Å². The molecule has 1 aromatic rings. The molecule has 7 heteroatoms.